The highest BCUT2D eigenvalue weighted by molar-refractivity contribution is 5.75. The number of hydrogen-bond donors (Lipinski definition) is 0. The summed E-state index contributed by atoms with van der Waals surface area (Å²) in [6, 6.07) is 7.41. The van der Waals surface area contributed by atoms with Gasteiger partial charge in [0.2, 0.25) is 0 Å². The van der Waals surface area contributed by atoms with E-state index in [0.29, 0.717) is 0 Å². The molecule has 0 spiro atoms. The molecule has 16 heavy (non-hydrogen) atoms. The minimum atomic E-state index is -5.11. The van der Waals surface area contributed by atoms with Gasteiger partial charge in [-0.25, -0.2) is 9.18 Å². The van der Waals surface area contributed by atoms with Crippen molar-refractivity contribution in [2.45, 2.75) is 12.3 Å². The normalized spacial score (nSPS) is 13.2. The Bertz CT molecular complexity index is 348. The zero-order valence-electron chi connectivity index (χ0n) is 8.00. The van der Waals surface area contributed by atoms with Crippen LogP contribution in [0.1, 0.15) is 11.7 Å². The number of rotatable bonds is 3. The number of carbonyl (C=O) groups excluding carboxylic acids is 1. The summed E-state index contributed by atoms with van der Waals surface area (Å²) in [6.45, 7) is -1.20. The Morgan fingerprint density at radius 2 is 1.81 bits per heavy atom. The van der Waals surface area contributed by atoms with Crippen LogP contribution in [0.3, 0.4) is 0 Å². The summed E-state index contributed by atoms with van der Waals surface area (Å²) < 4.78 is 52.1. The topological polar surface area (TPSA) is 26.3 Å². The highest BCUT2D eigenvalue weighted by Crippen LogP contribution is 2.24. The first-order valence-corrected chi connectivity index (χ1v) is 4.34. The van der Waals surface area contributed by atoms with Crippen molar-refractivity contribution < 1.29 is 27.1 Å². The van der Waals surface area contributed by atoms with Gasteiger partial charge < -0.3 is 4.74 Å². The number of halogens is 4. The molecule has 0 aromatic heterocycles. The first kappa shape index (κ1) is 12.5. The number of benzene rings is 1. The summed E-state index contributed by atoms with van der Waals surface area (Å²) in [5.74, 6) is -2.39. The van der Waals surface area contributed by atoms with Crippen molar-refractivity contribution in [3.05, 3.63) is 35.9 Å². The van der Waals surface area contributed by atoms with E-state index in [1.807, 2.05) is 0 Å². The molecule has 6 heteroatoms. The third-order valence-electron chi connectivity index (χ3n) is 1.79. The summed E-state index contributed by atoms with van der Waals surface area (Å²) in [5.41, 5.74) is 0.183. The second-order valence-electron chi connectivity index (χ2n) is 2.96. The first-order chi connectivity index (χ1) is 7.45. The molecule has 0 N–H and O–H groups in total. The van der Waals surface area contributed by atoms with Crippen LogP contribution in [0.15, 0.2) is 30.3 Å². The van der Waals surface area contributed by atoms with Crippen LogP contribution < -0.4 is 0 Å². The molecule has 0 unspecified atom stereocenters. The molecule has 1 rings (SSSR count). The van der Waals surface area contributed by atoms with Crippen molar-refractivity contribution >= 4 is 5.97 Å². The molecule has 1 atom stereocenters. The molecule has 0 bridgehead atoms. The maximum atomic E-state index is 12.4. The molecular weight excluding hydrogens is 228 g/mol. The second kappa shape index (κ2) is 4.96. The average Bonchev–Trinajstić information content (AvgIpc) is 2.25. The number of ether oxygens (including phenoxy) is 1. The van der Waals surface area contributed by atoms with Gasteiger partial charge in [0, 0.05) is 0 Å². The lowest BCUT2D eigenvalue weighted by molar-refractivity contribution is -0.206. The van der Waals surface area contributed by atoms with Crippen LogP contribution in [0.25, 0.3) is 0 Å². The van der Waals surface area contributed by atoms with Gasteiger partial charge in [-0.05, 0) is 5.56 Å². The molecule has 0 saturated carbocycles. The van der Waals surface area contributed by atoms with Crippen LogP contribution in [-0.4, -0.2) is 18.8 Å². The molecule has 0 saturated heterocycles. The number of alkyl halides is 4. The largest absolute Gasteiger partial charge is 0.490 e. The van der Waals surface area contributed by atoms with Gasteiger partial charge in [-0.15, -0.1) is 0 Å². The maximum Gasteiger partial charge on any atom is 0.490 e. The van der Waals surface area contributed by atoms with E-state index >= 15 is 0 Å². The van der Waals surface area contributed by atoms with Gasteiger partial charge >= 0.3 is 12.1 Å². The fraction of sp³-hybridized carbons (Fsp3) is 0.300. The smallest absolute Gasteiger partial charge is 0.448 e. The van der Waals surface area contributed by atoms with Gasteiger partial charge in [-0.2, -0.15) is 13.2 Å². The number of hydrogen-bond acceptors (Lipinski definition) is 2. The van der Waals surface area contributed by atoms with E-state index in [1.54, 1.807) is 6.07 Å². The van der Waals surface area contributed by atoms with Crippen molar-refractivity contribution in [1.29, 1.82) is 0 Å². The van der Waals surface area contributed by atoms with Crippen molar-refractivity contribution in [3.8, 4) is 0 Å². The monoisotopic (exact) mass is 236 g/mol. The Morgan fingerprint density at radius 3 is 2.25 bits per heavy atom. The highest BCUT2D eigenvalue weighted by atomic mass is 19.4. The lowest BCUT2D eigenvalue weighted by atomic mass is 10.1. The van der Waals surface area contributed by atoms with Gasteiger partial charge in [0.25, 0.3) is 0 Å². The number of carbonyl (C=O) groups is 1. The van der Waals surface area contributed by atoms with Gasteiger partial charge in [-0.1, -0.05) is 30.3 Å². The van der Waals surface area contributed by atoms with Crippen LogP contribution in [0.5, 0.6) is 0 Å². The summed E-state index contributed by atoms with van der Waals surface area (Å²) in [5, 5.41) is 0. The molecule has 0 aliphatic carbocycles. The first-order valence-electron chi connectivity index (χ1n) is 4.34. The molecule has 0 heterocycles. The molecule has 88 valence electrons. The molecule has 1 aromatic carbocycles. The van der Waals surface area contributed by atoms with Gasteiger partial charge in [0.05, 0.1) is 0 Å². The van der Waals surface area contributed by atoms with Gasteiger partial charge in [0.1, 0.15) is 6.67 Å². The summed E-state index contributed by atoms with van der Waals surface area (Å²) in [6.07, 6.45) is -6.63. The van der Waals surface area contributed by atoms with Crippen molar-refractivity contribution in [3.63, 3.8) is 0 Å². The lowest BCUT2D eigenvalue weighted by Crippen LogP contribution is -2.27. The third kappa shape index (κ3) is 3.22. The maximum absolute atomic E-state index is 12.4. The van der Waals surface area contributed by atoms with Crippen LogP contribution in [0.2, 0.25) is 0 Å². The Kier molecular flexibility index (Phi) is 3.87. The van der Waals surface area contributed by atoms with Gasteiger partial charge in [-0.3, -0.25) is 0 Å². The van der Waals surface area contributed by atoms with E-state index in [1.165, 1.54) is 24.3 Å². The van der Waals surface area contributed by atoms with E-state index < -0.39 is 24.9 Å². The quantitative estimate of drug-likeness (QED) is 0.595. The highest BCUT2D eigenvalue weighted by Gasteiger charge is 2.42. The number of esters is 1. The van der Waals surface area contributed by atoms with Crippen LogP contribution in [0.4, 0.5) is 17.6 Å². The summed E-state index contributed by atoms with van der Waals surface area (Å²) >= 11 is 0. The van der Waals surface area contributed by atoms with E-state index in [0.717, 1.165) is 0 Å². The standard InChI is InChI=1S/C10H8F4O2/c11-6-8(7-4-2-1-3-5-7)16-9(15)10(12,13)14/h1-5,8H,6H2/t8-/m0/s1. The van der Waals surface area contributed by atoms with E-state index in [4.69, 9.17) is 0 Å². The fourth-order valence-corrected chi connectivity index (χ4v) is 1.05. The van der Waals surface area contributed by atoms with Gasteiger partial charge in [0.15, 0.2) is 6.10 Å². The molecule has 2 nitrogen and oxygen atoms in total. The molecule has 0 fully saturated rings. The molecular formula is C10H8F4O2. The second-order valence-corrected chi connectivity index (χ2v) is 2.96. The molecule has 0 aliphatic rings. The molecule has 0 radical (unpaired) electrons. The molecule has 1 aromatic rings. The van der Waals surface area contributed by atoms with Crippen molar-refractivity contribution in [1.82, 2.24) is 0 Å². The molecule has 0 aliphatic heterocycles. The Balaban J connectivity index is 2.75. The van der Waals surface area contributed by atoms with Crippen molar-refractivity contribution in [2.24, 2.45) is 0 Å². The Morgan fingerprint density at radius 1 is 1.25 bits per heavy atom. The summed E-state index contributed by atoms with van der Waals surface area (Å²) in [7, 11) is 0. The minimum absolute atomic E-state index is 0.183. The predicted molar refractivity (Wildman–Crippen MR) is 47.3 cm³/mol. The van der Waals surface area contributed by atoms with Crippen LogP contribution in [-0.2, 0) is 9.53 Å². The Labute approximate surface area is 88.8 Å². The zero-order valence-corrected chi connectivity index (χ0v) is 8.00. The van der Waals surface area contributed by atoms with E-state index in [2.05, 4.69) is 4.74 Å². The predicted octanol–water partition coefficient (Wildman–Crippen LogP) is 2.80. The fourth-order valence-electron chi connectivity index (χ4n) is 1.05. The lowest BCUT2D eigenvalue weighted by Gasteiger charge is -2.15. The zero-order chi connectivity index (χ0) is 12.2. The molecule has 0 amide bonds. The average molecular weight is 236 g/mol. The van der Waals surface area contributed by atoms with Crippen LogP contribution in [0, 0.1) is 0 Å². The van der Waals surface area contributed by atoms with E-state index in [9.17, 15) is 22.4 Å². The minimum Gasteiger partial charge on any atom is -0.448 e. The third-order valence-corrected chi connectivity index (χ3v) is 1.79. The Hall–Kier alpha value is -1.59. The summed E-state index contributed by atoms with van der Waals surface area (Å²) in [4.78, 5) is 10.5. The van der Waals surface area contributed by atoms with Crippen LogP contribution >= 0.6 is 0 Å². The SMILES string of the molecule is O=C(O[C@@H](CF)c1ccccc1)C(F)(F)F. The van der Waals surface area contributed by atoms with Crippen molar-refractivity contribution in [2.75, 3.05) is 6.67 Å². The van der Waals surface area contributed by atoms with E-state index in [-0.39, 0.29) is 5.56 Å².